The number of rotatable bonds is 6. The van der Waals surface area contributed by atoms with Crippen molar-refractivity contribution >= 4 is 29.3 Å². The second kappa shape index (κ2) is 10.8. The lowest BCUT2D eigenvalue weighted by atomic mass is 9.99. The fraction of sp³-hybridized carbons (Fsp3) is 0.276. The first-order valence-electron chi connectivity index (χ1n) is 12.3. The van der Waals surface area contributed by atoms with Crippen molar-refractivity contribution in [2.24, 2.45) is 0 Å². The van der Waals surface area contributed by atoms with Gasteiger partial charge >= 0.3 is 12.0 Å². The fourth-order valence-electron chi connectivity index (χ4n) is 4.63. The number of likely N-dealkylation sites (tertiary alicyclic amines) is 1. The van der Waals surface area contributed by atoms with Crippen molar-refractivity contribution in [1.29, 1.82) is 0 Å². The van der Waals surface area contributed by atoms with E-state index in [9.17, 15) is 18.8 Å². The van der Waals surface area contributed by atoms with Gasteiger partial charge in [0.05, 0.1) is 5.56 Å². The van der Waals surface area contributed by atoms with Crippen LogP contribution in [0.5, 0.6) is 0 Å². The molecule has 8 heteroatoms. The van der Waals surface area contributed by atoms with Gasteiger partial charge in [-0.25, -0.2) is 14.0 Å². The van der Waals surface area contributed by atoms with Crippen LogP contribution in [-0.4, -0.2) is 40.5 Å². The Bertz CT molecular complexity index is 1340. The average molecular weight is 504 g/mol. The molecule has 0 bridgehead atoms. The first kappa shape index (κ1) is 25.9. The van der Waals surface area contributed by atoms with E-state index < -0.39 is 18.0 Å². The molecule has 1 aliphatic rings. The predicted octanol–water partition coefficient (Wildman–Crippen LogP) is 6.26. The molecule has 1 saturated heterocycles. The maximum Gasteiger partial charge on any atom is 0.335 e. The van der Waals surface area contributed by atoms with Crippen LogP contribution in [0.15, 0.2) is 60.7 Å². The third-order valence-corrected chi connectivity index (χ3v) is 6.63. The normalized spacial score (nSPS) is 15.1. The average Bonchev–Trinajstić information content (AvgIpc) is 3.34. The molecule has 1 atom stereocenters. The molecule has 0 saturated carbocycles. The van der Waals surface area contributed by atoms with Crippen molar-refractivity contribution in [1.82, 2.24) is 4.90 Å². The van der Waals surface area contributed by atoms with E-state index in [-0.39, 0.29) is 23.2 Å². The number of carboxylic acid groups (broad SMARTS) is 1. The van der Waals surface area contributed by atoms with Gasteiger partial charge in [0.1, 0.15) is 11.9 Å². The monoisotopic (exact) mass is 503 g/mol. The van der Waals surface area contributed by atoms with Gasteiger partial charge in [0, 0.05) is 17.9 Å². The van der Waals surface area contributed by atoms with E-state index in [1.165, 1.54) is 11.0 Å². The van der Waals surface area contributed by atoms with E-state index in [1.54, 1.807) is 42.5 Å². The van der Waals surface area contributed by atoms with Gasteiger partial charge in [0.15, 0.2) is 0 Å². The molecule has 1 heterocycles. The highest BCUT2D eigenvalue weighted by atomic mass is 19.1. The maximum atomic E-state index is 14.3. The largest absolute Gasteiger partial charge is 0.478 e. The number of hydrogen-bond donors (Lipinski definition) is 3. The number of benzene rings is 3. The number of carbonyl (C=O) groups is 3. The van der Waals surface area contributed by atoms with Crippen molar-refractivity contribution in [2.45, 2.75) is 45.6 Å². The van der Waals surface area contributed by atoms with Gasteiger partial charge in [-0.2, -0.15) is 0 Å². The lowest BCUT2D eigenvalue weighted by Gasteiger charge is -2.24. The van der Waals surface area contributed by atoms with Crippen LogP contribution in [0.25, 0.3) is 11.1 Å². The summed E-state index contributed by atoms with van der Waals surface area (Å²) in [5, 5.41) is 14.7. The molecule has 3 amide bonds. The van der Waals surface area contributed by atoms with Gasteiger partial charge in [-0.15, -0.1) is 0 Å². The molecule has 192 valence electrons. The molecular weight excluding hydrogens is 473 g/mol. The fourth-order valence-corrected chi connectivity index (χ4v) is 4.63. The Morgan fingerprint density at radius 2 is 1.65 bits per heavy atom. The van der Waals surface area contributed by atoms with Gasteiger partial charge in [-0.1, -0.05) is 38.1 Å². The Morgan fingerprint density at radius 3 is 2.27 bits per heavy atom. The molecule has 0 radical (unpaired) electrons. The number of carbonyl (C=O) groups excluding carboxylic acids is 2. The standard InChI is InChI=1S/C29H30FN3O4/c1-17(2)23-12-10-22(16-25(23)30)32-29(37)33-14-4-5-26(33)27(34)31-21-11-13-24(18(3)15-21)19-6-8-20(9-7-19)28(35)36/h6-13,15-17,26H,4-5,14H2,1-3H3,(H,31,34)(H,32,37)(H,35,36)/t26-/m1/s1. The van der Waals surface area contributed by atoms with E-state index in [1.807, 2.05) is 32.9 Å². The van der Waals surface area contributed by atoms with Crippen molar-refractivity contribution in [3.05, 3.63) is 83.2 Å². The Kier molecular flexibility index (Phi) is 7.57. The van der Waals surface area contributed by atoms with Gasteiger partial charge < -0.3 is 20.6 Å². The molecular formula is C29H30FN3O4. The number of nitrogens with zero attached hydrogens (tertiary/aromatic N) is 1. The Hall–Kier alpha value is -4.20. The predicted molar refractivity (Wildman–Crippen MR) is 141 cm³/mol. The first-order valence-corrected chi connectivity index (χ1v) is 12.3. The number of hydrogen-bond acceptors (Lipinski definition) is 3. The molecule has 1 fully saturated rings. The van der Waals surface area contributed by atoms with E-state index in [4.69, 9.17) is 5.11 Å². The lowest BCUT2D eigenvalue weighted by molar-refractivity contribution is -0.119. The summed E-state index contributed by atoms with van der Waals surface area (Å²) in [4.78, 5) is 38.6. The van der Waals surface area contributed by atoms with Gasteiger partial charge in [-0.3, -0.25) is 4.79 Å². The van der Waals surface area contributed by atoms with Crippen LogP contribution in [0, 0.1) is 12.7 Å². The van der Waals surface area contributed by atoms with Crippen LogP contribution in [-0.2, 0) is 4.79 Å². The summed E-state index contributed by atoms with van der Waals surface area (Å²) in [6.07, 6.45) is 1.23. The van der Waals surface area contributed by atoms with E-state index in [0.29, 0.717) is 36.3 Å². The molecule has 0 unspecified atom stereocenters. The number of anilines is 2. The van der Waals surface area contributed by atoms with Crippen LogP contribution in [0.2, 0.25) is 0 Å². The molecule has 37 heavy (non-hydrogen) atoms. The SMILES string of the molecule is Cc1cc(NC(=O)[C@H]2CCCN2C(=O)Nc2ccc(C(C)C)c(F)c2)ccc1-c1ccc(C(=O)O)cc1. The smallest absolute Gasteiger partial charge is 0.335 e. The molecule has 0 aromatic heterocycles. The quantitative estimate of drug-likeness (QED) is 0.370. The molecule has 0 aliphatic carbocycles. The third-order valence-electron chi connectivity index (χ3n) is 6.63. The highest BCUT2D eigenvalue weighted by Crippen LogP contribution is 2.28. The zero-order chi connectivity index (χ0) is 26.7. The minimum Gasteiger partial charge on any atom is -0.478 e. The first-order chi connectivity index (χ1) is 17.6. The number of urea groups is 1. The summed E-state index contributed by atoms with van der Waals surface area (Å²) >= 11 is 0. The lowest BCUT2D eigenvalue weighted by Crippen LogP contribution is -2.45. The Labute approximate surface area is 215 Å². The zero-order valence-corrected chi connectivity index (χ0v) is 21.0. The van der Waals surface area contributed by atoms with Crippen molar-refractivity contribution in [2.75, 3.05) is 17.2 Å². The Morgan fingerprint density at radius 1 is 0.973 bits per heavy atom. The highest BCUT2D eigenvalue weighted by molar-refractivity contribution is 6.00. The second-order valence-corrected chi connectivity index (χ2v) is 9.57. The zero-order valence-electron chi connectivity index (χ0n) is 21.0. The number of carboxylic acids is 1. The summed E-state index contributed by atoms with van der Waals surface area (Å²) in [5.41, 5.74) is 4.45. The number of aromatic carboxylic acids is 1. The highest BCUT2D eigenvalue weighted by Gasteiger charge is 2.34. The second-order valence-electron chi connectivity index (χ2n) is 9.57. The van der Waals surface area contributed by atoms with Gasteiger partial charge in [0.25, 0.3) is 0 Å². The van der Waals surface area contributed by atoms with Crippen molar-refractivity contribution < 1.29 is 23.9 Å². The number of halogens is 1. The molecule has 3 aromatic carbocycles. The third kappa shape index (κ3) is 5.80. The number of amides is 3. The van der Waals surface area contributed by atoms with Crippen LogP contribution < -0.4 is 10.6 Å². The van der Waals surface area contributed by atoms with Crippen molar-refractivity contribution in [3.63, 3.8) is 0 Å². The van der Waals surface area contributed by atoms with Crippen LogP contribution in [0.4, 0.5) is 20.6 Å². The molecule has 3 aromatic rings. The summed E-state index contributed by atoms with van der Waals surface area (Å²) in [6, 6.07) is 15.7. The summed E-state index contributed by atoms with van der Waals surface area (Å²) in [6.45, 7) is 6.14. The molecule has 1 aliphatic heterocycles. The summed E-state index contributed by atoms with van der Waals surface area (Å²) in [5.74, 6) is -1.61. The summed E-state index contributed by atoms with van der Waals surface area (Å²) in [7, 11) is 0. The number of nitrogens with one attached hydrogen (secondary N) is 2. The van der Waals surface area contributed by atoms with Gasteiger partial charge in [0.2, 0.25) is 5.91 Å². The van der Waals surface area contributed by atoms with E-state index >= 15 is 0 Å². The topological polar surface area (TPSA) is 98.7 Å². The van der Waals surface area contributed by atoms with Crippen molar-refractivity contribution in [3.8, 4) is 11.1 Å². The van der Waals surface area contributed by atoms with Crippen LogP contribution in [0.3, 0.4) is 0 Å². The minimum absolute atomic E-state index is 0.0339. The van der Waals surface area contributed by atoms with Crippen LogP contribution in [0.1, 0.15) is 54.1 Å². The Balaban J connectivity index is 1.42. The molecule has 4 rings (SSSR count). The minimum atomic E-state index is -0.979. The molecule has 7 nitrogen and oxygen atoms in total. The summed E-state index contributed by atoms with van der Waals surface area (Å²) < 4.78 is 14.3. The van der Waals surface area contributed by atoms with Crippen LogP contribution >= 0.6 is 0 Å². The number of aryl methyl sites for hydroxylation is 1. The molecule has 0 spiro atoms. The van der Waals surface area contributed by atoms with E-state index in [0.717, 1.165) is 16.7 Å². The van der Waals surface area contributed by atoms with Gasteiger partial charge in [-0.05, 0) is 84.3 Å². The van der Waals surface area contributed by atoms with E-state index in [2.05, 4.69) is 10.6 Å². The maximum absolute atomic E-state index is 14.3. The molecule has 3 N–H and O–H groups in total.